The van der Waals surface area contributed by atoms with Crippen molar-refractivity contribution in [3.63, 3.8) is 0 Å². The maximum Gasteiger partial charge on any atom is 0.573 e. The fourth-order valence-electron chi connectivity index (χ4n) is 2.01. The Balaban J connectivity index is 2.13. The third-order valence-corrected chi connectivity index (χ3v) is 3.05. The molecule has 0 spiro atoms. The minimum absolute atomic E-state index is 0.0474. The van der Waals surface area contributed by atoms with E-state index in [4.69, 9.17) is 10.2 Å². The highest BCUT2D eigenvalue weighted by Crippen LogP contribution is 2.27. The summed E-state index contributed by atoms with van der Waals surface area (Å²) in [6, 6.07) is 7.16. The van der Waals surface area contributed by atoms with Gasteiger partial charge in [0, 0.05) is 19.2 Å². The van der Waals surface area contributed by atoms with Gasteiger partial charge in [0.05, 0.1) is 12.1 Å². The Kier molecular flexibility index (Phi) is 4.95. The molecule has 2 aromatic rings. The summed E-state index contributed by atoms with van der Waals surface area (Å²) in [6.45, 7) is 0.105. The number of nitrogens with two attached hydrogens (primary N) is 1. The SMILES string of the molecule is CN(Cc1ccccc1OC(F)(F)F)C(=O)c1coc(CN)c1. The Morgan fingerprint density at radius 3 is 2.65 bits per heavy atom. The van der Waals surface area contributed by atoms with Gasteiger partial charge in [-0.25, -0.2) is 0 Å². The van der Waals surface area contributed by atoms with E-state index in [1.54, 1.807) is 6.07 Å². The van der Waals surface area contributed by atoms with Gasteiger partial charge in [-0.1, -0.05) is 18.2 Å². The number of hydrogen-bond acceptors (Lipinski definition) is 4. The van der Waals surface area contributed by atoms with Crippen molar-refractivity contribution < 1.29 is 27.1 Å². The van der Waals surface area contributed by atoms with Crippen molar-refractivity contribution in [1.82, 2.24) is 4.90 Å². The van der Waals surface area contributed by atoms with E-state index in [1.807, 2.05) is 0 Å². The molecule has 8 heteroatoms. The Bertz CT molecular complexity index is 683. The molecule has 1 aromatic carbocycles. The van der Waals surface area contributed by atoms with E-state index in [0.29, 0.717) is 5.76 Å². The van der Waals surface area contributed by atoms with Gasteiger partial charge < -0.3 is 19.8 Å². The Labute approximate surface area is 130 Å². The van der Waals surface area contributed by atoms with Crippen molar-refractivity contribution in [2.24, 2.45) is 5.73 Å². The van der Waals surface area contributed by atoms with Crippen LogP contribution in [-0.4, -0.2) is 24.2 Å². The molecular formula is C15H15F3N2O3. The quantitative estimate of drug-likeness (QED) is 0.916. The number of amides is 1. The van der Waals surface area contributed by atoms with Crippen LogP contribution in [0.15, 0.2) is 41.0 Å². The minimum atomic E-state index is -4.79. The van der Waals surface area contributed by atoms with Crippen molar-refractivity contribution >= 4 is 5.91 Å². The van der Waals surface area contributed by atoms with E-state index in [9.17, 15) is 18.0 Å². The van der Waals surface area contributed by atoms with Crippen LogP contribution in [0.3, 0.4) is 0 Å². The standard InChI is InChI=1S/C15H15F3N2O3/c1-20(14(21)11-6-12(7-19)22-9-11)8-10-4-2-3-5-13(10)23-15(16,17)18/h2-6,9H,7-8,19H2,1H3. The Hall–Kier alpha value is -2.48. The molecule has 0 saturated carbocycles. The number of furan rings is 1. The lowest BCUT2D eigenvalue weighted by molar-refractivity contribution is -0.274. The van der Waals surface area contributed by atoms with Crippen LogP contribution >= 0.6 is 0 Å². The largest absolute Gasteiger partial charge is 0.573 e. The number of rotatable bonds is 5. The van der Waals surface area contributed by atoms with Crippen LogP contribution in [0.1, 0.15) is 21.7 Å². The van der Waals surface area contributed by atoms with Gasteiger partial charge in [0.25, 0.3) is 5.91 Å². The van der Waals surface area contributed by atoms with Gasteiger partial charge in [0.15, 0.2) is 0 Å². The Morgan fingerprint density at radius 1 is 1.35 bits per heavy atom. The summed E-state index contributed by atoms with van der Waals surface area (Å²) in [5.74, 6) is -0.285. The van der Waals surface area contributed by atoms with Crippen molar-refractivity contribution in [1.29, 1.82) is 0 Å². The molecular weight excluding hydrogens is 313 g/mol. The van der Waals surface area contributed by atoms with Crippen molar-refractivity contribution in [3.05, 3.63) is 53.5 Å². The van der Waals surface area contributed by atoms with E-state index in [2.05, 4.69) is 4.74 Å². The fraction of sp³-hybridized carbons (Fsp3) is 0.267. The van der Waals surface area contributed by atoms with Gasteiger partial charge in [-0.15, -0.1) is 13.2 Å². The number of carbonyl (C=O) groups is 1. The maximum atomic E-state index is 12.4. The number of alkyl halides is 3. The predicted molar refractivity (Wildman–Crippen MR) is 75.5 cm³/mol. The van der Waals surface area contributed by atoms with Gasteiger partial charge in [-0.2, -0.15) is 0 Å². The van der Waals surface area contributed by atoms with E-state index in [0.717, 1.165) is 0 Å². The molecule has 0 atom stereocenters. The number of hydrogen-bond donors (Lipinski definition) is 1. The lowest BCUT2D eigenvalue weighted by atomic mass is 10.2. The van der Waals surface area contributed by atoms with Crippen molar-refractivity contribution in [2.45, 2.75) is 19.5 Å². The zero-order valence-corrected chi connectivity index (χ0v) is 12.3. The molecule has 0 unspecified atom stereocenters. The van der Waals surface area contributed by atoms with Crippen molar-refractivity contribution in [3.8, 4) is 5.75 Å². The average molecular weight is 328 g/mol. The predicted octanol–water partition coefficient (Wildman–Crippen LogP) is 2.91. The summed E-state index contributed by atoms with van der Waals surface area (Å²) >= 11 is 0. The molecule has 2 N–H and O–H groups in total. The molecule has 23 heavy (non-hydrogen) atoms. The van der Waals surface area contributed by atoms with Crippen LogP contribution in [-0.2, 0) is 13.1 Å². The van der Waals surface area contributed by atoms with Crippen LogP contribution < -0.4 is 10.5 Å². The van der Waals surface area contributed by atoms with Crippen LogP contribution in [0.4, 0.5) is 13.2 Å². The molecule has 0 fully saturated rings. The highest BCUT2D eigenvalue weighted by atomic mass is 19.4. The smallest absolute Gasteiger partial charge is 0.467 e. The second-order valence-electron chi connectivity index (χ2n) is 4.82. The highest BCUT2D eigenvalue weighted by molar-refractivity contribution is 5.93. The van der Waals surface area contributed by atoms with E-state index < -0.39 is 12.3 Å². The molecule has 2 rings (SSSR count). The van der Waals surface area contributed by atoms with Crippen LogP contribution in [0, 0.1) is 0 Å². The first-order valence-electron chi connectivity index (χ1n) is 6.66. The van der Waals surface area contributed by atoms with E-state index in [1.165, 1.54) is 42.5 Å². The fourth-order valence-corrected chi connectivity index (χ4v) is 2.01. The molecule has 0 radical (unpaired) electrons. The lowest BCUT2D eigenvalue weighted by Gasteiger charge is -2.19. The number of carbonyl (C=O) groups excluding carboxylic acids is 1. The summed E-state index contributed by atoms with van der Waals surface area (Å²) in [7, 11) is 1.47. The van der Waals surface area contributed by atoms with Crippen molar-refractivity contribution in [2.75, 3.05) is 7.05 Å². The normalized spacial score (nSPS) is 11.3. The highest BCUT2D eigenvalue weighted by Gasteiger charge is 2.32. The molecule has 0 aliphatic carbocycles. The summed E-state index contributed by atoms with van der Waals surface area (Å²) in [6.07, 6.45) is -3.53. The van der Waals surface area contributed by atoms with Crippen LogP contribution in [0.2, 0.25) is 0 Å². The summed E-state index contributed by atoms with van der Waals surface area (Å²) < 4.78 is 46.2. The lowest BCUT2D eigenvalue weighted by Crippen LogP contribution is -2.26. The molecule has 0 aliphatic rings. The molecule has 124 valence electrons. The first-order chi connectivity index (χ1) is 10.8. The molecule has 1 heterocycles. The first-order valence-corrected chi connectivity index (χ1v) is 6.66. The molecule has 0 aliphatic heterocycles. The maximum absolute atomic E-state index is 12.4. The van der Waals surface area contributed by atoms with Gasteiger partial charge >= 0.3 is 6.36 Å². The zero-order chi connectivity index (χ0) is 17.0. The summed E-state index contributed by atoms with van der Waals surface area (Å²) in [4.78, 5) is 13.5. The average Bonchev–Trinajstić information content (AvgIpc) is 2.96. The second kappa shape index (κ2) is 6.74. The second-order valence-corrected chi connectivity index (χ2v) is 4.82. The molecule has 1 aromatic heterocycles. The topological polar surface area (TPSA) is 68.7 Å². The van der Waals surface area contributed by atoms with Gasteiger partial charge in [0.1, 0.15) is 17.8 Å². The minimum Gasteiger partial charge on any atom is -0.467 e. The van der Waals surface area contributed by atoms with Crippen LogP contribution in [0.25, 0.3) is 0 Å². The van der Waals surface area contributed by atoms with E-state index in [-0.39, 0.29) is 30.0 Å². The summed E-state index contributed by atoms with van der Waals surface area (Å²) in [5, 5.41) is 0. The monoisotopic (exact) mass is 328 g/mol. The molecule has 5 nitrogen and oxygen atoms in total. The van der Waals surface area contributed by atoms with Gasteiger partial charge in [0.2, 0.25) is 0 Å². The molecule has 0 saturated heterocycles. The number of halogens is 3. The zero-order valence-electron chi connectivity index (χ0n) is 12.3. The van der Waals surface area contributed by atoms with Crippen LogP contribution in [0.5, 0.6) is 5.75 Å². The third-order valence-electron chi connectivity index (χ3n) is 3.05. The number of ether oxygens (including phenoxy) is 1. The van der Waals surface area contributed by atoms with Gasteiger partial charge in [-0.3, -0.25) is 4.79 Å². The number of nitrogens with zero attached hydrogens (tertiary/aromatic N) is 1. The number of benzene rings is 1. The Morgan fingerprint density at radius 2 is 2.04 bits per heavy atom. The first kappa shape index (κ1) is 16.9. The third kappa shape index (κ3) is 4.49. The summed E-state index contributed by atoms with van der Waals surface area (Å²) in [5.41, 5.74) is 5.92. The molecule has 1 amide bonds. The van der Waals surface area contributed by atoms with E-state index >= 15 is 0 Å². The number of para-hydroxylation sites is 1. The van der Waals surface area contributed by atoms with Gasteiger partial charge in [-0.05, 0) is 12.1 Å². The molecule has 0 bridgehead atoms.